The van der Waals surface area contributed by atoms with Crippen molar-refractivity contribution in [2.24, 2.45) is 5.14 Å². The number of rotatable bonds is 6. The average molecular weight is 323 g/mol. The maximum absolute atomic E-state index is 11.7. The number of nitrogens with one attached hydrogen (secondary N) is 1. The predicted octanol–water partition coefficient (Wildman–Crippen LogP) is 0.0516. The van der Waals surface area contributed by atoms with Gasteiger partial charge < -0.3 is 5.32 Å². The van der Waals surface area contributed by atoms with Gasteiger partial charge in [0.2, 0.25) is 10.0 Å². The molecule has 0 aliphatic carbocycles. The summed E-state index contributed by atoms with van der Waals surface area (Å²) in [4.78, 5) is 25.1. The molecule has 0 saturated carbocycles. The summed E-state index contributed by atoms with van der Waals surface area (Å²) < 4.78 is 21.4. The highest BCUT2D eigenvalue weighted by molar-refractivity contribution is 7.89. The highest BCUT2D eigenvalue weighted by atomic mass is 35.5. The van der Waals surface area contributed by atoms with Gasteiger partial charge in [-0.25, -0.2) is 18.5 Å². The summed E-state index contributed by atoms with van der Waals surface area (Å²) in [6.07, 6.45) is 1.05. The molecule has 0 spiro atoms. The SMILES string of the molecule is NS(=O)(=O)CCCNC(=O)c1cc([N+](=O)[O-])cnc1Cl. The second-order valence-electron chi connectivity index (χ2n) is 3.77. The highest BCUT2D eigenvalue weighted by Crippen LogP contribution is 2.18. The van der Waals surface area contributed by atoms with Gasteiger partial charge in [-0.2, -0.15) is 0 Å². The van der Waals surface area contributed by atoms with Crippen LogP contribution in [0.25, 0.3) is 0 Å². The lowest BCUT2D eigenvalue weighted by Crippen LogP contribution is -2.27. The van der Waals surface area contributed by atoms with E-state index in [1.807, 2.05) is 0 Å². The molecule has 9 nitrogen and oxygen atoms in total. The number of carbonyl (C=O) groups is 1. The molecule has 20 heavy (non-hydrogen) atoms. The third-order valence-corrected chi connectivity index (χ3v) is 3.33. The maximum atomic E-state index is 11.7. The van der Waals surface area contributed by atoms with Gasteiger partial charge in [-0.3, -0.25) is 14.9 Å². The number of amides is 1. The summed E-state index contributed by atoms with van der Waals surface area (Å²) in [6.45, 7) is 0.0360. The van der Waals surface area contributed by atoms with E-state index in [1.54, 1.807) is 0 Å². The van der Waals surface area contributed by atoms with Gasteiger partial charge in [0.25, 0.3) is 11.6 Å². The van der Waals surface area contributed by atoms with E-state index in [2.05, 4.69) is 10.3 Å². The molecule has 0 bridgehead atoms. The minimum absolute atomic E-state index is 0.0360. The Morgan fingerprint density at radius 2 is 2.20 bits per heavy atom. The number of hydrogen-bond donors (Lipinski definition) is 2. The monoisotopic (exact) mass is 322 g/mol. The zero-order valence-corrected chi connectivity index (χ0v) is 11.6. The fourth-order valence-corrected chi connectivity index (χ4v) is 2.00. The number of primary sulfonamides is 1. The van der Waals surface area contributed by atoms with Gasteiger partial charge >= 0.3 is 0 Å². The van der Waals surface area contributed by atoms with Gasteiger partial charge in [0.05, 0.1) is 16.2 Å². The van der Waals surface area contributed by atoms with E-state index in [1.165, 1.54) is 0 Å². The Morgan fingerprint density at radius 3 is 2.75 bits per heavy atom. The van der Waals surface area contributed by atoms with Crippen molar-refractivity contribution in [2.75, 3.05) is 12.3 Å². The van der Waals surface area contributed by atoms with Crippen molar-refractivity contribution >= 4 is 33.2 Å². The number of nitrogens with two attached hydrogens (primary N) is 1. The molecule has 0 saturated heterocycles. The molecule has 1 aromatic heterocycles. The van der Waals surface area contributed by atoms with Gasteiger partial charge in [-0.05, 0) is 6.42 Å². The summed E-state index contributed by atoms with van der Waals surface area (Å²) in [6, 6.07) is 0.990. The Morgan fingerprint density at radius 1 is 1.55 bits per heavy atom. The first-order chi connectivity index (χ1) is 9.20. The molecule has 0 fully saturated rings. The quantitative estimate of drug-likeness (QED) is 0.327. The van der Waals surface area contributed by atoms with Crippen molar-refractivity contribution < 1.29 is 18.1 Å². The first kappa shape index (κ1) is 16.3. The van der Waals surface area contributed by atoms with Crippen molar-refractivity contribution in [3.63, 3.8) is 0 Å². The molecule has 110 valence electrons. The predicted molar refractivity (Wildman–Crippen MR) is 70.8 cm³/mol. The Bertz CT molecular complexity index is 633. The number of nitro groups is 1. The van der Waals surface area contributed by atoms with Crippen LogP contribution in [0.4, 0.5) is 5.69 Å². The van der Waals surface area contributed by atoms with Crippen LogP contribution < -0.4 is 10.5 Å². The van der Waals surface area contributed by atoms with E-state index in [4.69, 9.17) is 16.7 Å². The molecule has 3 N–H and O–H groups in total. The number of nitrogens with zero attached hydrogens (tertiary/aromatic N) is 2. The largest absolute Gasteiger partial charge is 0.352 e. The third-order valence-electron chi connectivity index (χ3n) is 2.17. The zero-order chi connectivity index (χ0) is 15.3. The molecule has 1 amide bonds. The number of halogens is 1. The van der Waals surface area contributed by atoms with Crippen LogP contribution in [0.2, 0.25) is 5.15 Å². The molecule has 1 rings (SSSR count). The summed E-state index contributed by atoms with van der Waals surface area (Å²) in [5.41, 5.74) is -0.527. The van der Waals surface area contributed by atoms with Crippen molar-refractivity contribution in [3.8, 4) is 0 Å². The normalized spacial score (nSPS) is 11.1. The number of carbonyl (C=O) groups excluding carboxylic acids is 1. The Hall–Kier alpha value is -1.78. The van der Waals surface area contributed by atoms with Crippen molar-refractivity contribution in [1.82, 2.24) is 10.3 Å². The molecule has 0 unspecified atom stereocenters. The molecule has 1 heterocycles. The van der Waals surface area contributed by atoms with Crippen LogP contribution in [-0.2, 0) is 10.0 Å². The lowest BCUT2D eigenvalue weighted by molar-refractivity contribution is -0.385. The van der Waals surface area contributed by atoms with Gasteiger partial charge in [0.15, 0.2) is 0 Å². The molecule has 11 heteroatoms. The summed E-state index contributed by atoms with van der Waals surface area (Å²) in [5.74, 6) is -0.964. The average Bonchev–Trinajstić information content (AvgIpc) is 2.33. The molecule has 0 atom stereocenters. The zero-order valence-electron chi connectivity index (χ0n) is 10.1. The van der Waals surface area contributed by atoms with Crippen LogP contribution in [0.3, 0.4) is 0 Å². The molecule has 0 radical (unpaired) electrons. The third kappa shape index (κ3) is 5.07. The van der Waals surface area contributed by atoms with Gasteiger partial charge in [-0.1, -0.05) is 11.6 Å². The first-order valence-electron chi connectivity index (χ1n) is 5.29. The molecule has 1 aromatic rings. The lowest BCUT2D eigenvalue weighted by Gasteiger charge is -2.05. The van der Waals surface area contributed by atoms with Crippen molar-refractivity contribution in [3.05, 3.63) is 33.1 Å². The second kappa shape index (κ2) is 6.59. The fourth-order valence-electron chi connectivity index (χ4n) is 1.27. The van der Waals surface area contributed by atoms with Crippen molar-refractivity contribution in [2.45, 2.75) is 6.42 Å². The summed E-state index contributed by atoms with van der Waals surface area (Å²) in [7, 11) is -3.59. The minimum Gasteiger partial charge on any atom is -0.352 e. The van der Waals surface area contributed by atoms with E-state index in [0.717, 1.165) is 12.3 Å². The molecule has 0 aromatic carbocycles. The molecular formula is C9H11ClN4O5S. The Balaban J connectivity index is 2.68. The molecule has 0 aliphatic rings. The number of pyridine rings is 1. The summed E-state index contributed by atoms with van der Waals surface area (Å²) >= 11 is 5.67. The van der Waals surface area contributed by atoms with E-state index in [0.29, 0.717) is 0 Å². The first-order valence-corrected chi connectivity index (χ1v) is 7.38. The van der Waals surface area contributed by atoms with Crippen LogP contribution in [-0.4, -0.2) is 36.5 Å². The van der Waals surface area contributed by atoms with E-state index >= 15 is 0 Å². The number of aromatic nitrogens is 1. The lowest BCUT2D eigenvalue weighted by atomic mass is 10.2. The van der Waals surface area contributed by atoms with Crippen LogP contribution in [0, 0.1) is 10.1 Å². The van der Waals surface area contributed by atoms with E-state index in [9.17, 15) is 23.3 Å². The second-order valence-corrected chi connectivity index (χ2v) is 5.86. The van der Waals surface area contributed by atoms with Gasteiger partial charge in [0, 0.05) is 12.6 Å². The Labute approximate surface area is 119 Å². The van der Waals surface area contributed by atoms with Crippen LogP contribution in [0.1, 0.15) is 16.8 Å². The van der Waals surface area contributed by atoms with E-state index in [-0.39, 0.29) is 35.1 Å². The molecular weight excluding hydrogens is 312 g/mol. The van der Waals surface area contributed by atoms with E-state index < -0.39 is 20.9 Å². The number of sulfonamides is 1. The fraction of sp³-hybridized carbons (Fsp3) is 0.333. The van der Waals surface area contributed by atoms with Crippen LogP contribution in [0.5, 0.6) is 0 Å². The number of hydrogen-bond acceptors (Lipinski definition) is 6. The minimum atomic E-state index is -3.59. The van der Waals surface area contributed by atoms with Crippen LogP contribution in [0.15, 0.2) is 12.3 Å². The Kier molecular flexibility index (Phi) is 5.36. The summed E-state index contributed by atoms with van der Waals surface area (Å²) in [5, 5.41) is 17.6. The highest BCUT2D eigenvalue weighted by Gasteiger charge is 2.16. The molecule has 0 aliphatic heterocycles. The standard InChI is InChI=1S/C9H11ClN4O5S/c10-8-7(4-6(5-13-8)14(16)17)9(15)12-2-1-3-20(11,18)19/h4-5H,1-3H2,(H,12,15)(H2,11,18,19). The van der Waals surface area contributed by atoms with Crippen molar-refractivity contribution in [1.29, 1.82) is 0 Å². The maximum Gasteiger partial charge on any atom is 0.288 e. The smallest absolute Gasteiger partial charge is 0.288 e. The van der Waals surface area contributed by atoms with Crippen LogP contribution >= 0.6 is 11.6 Å². The topological polar surface area (TPSA) is 145 Å². The van der Waals surface area contributed by atoms with Gasteiger partial charge in [0.1, 0.15) is 11.3 Å². The van der Waals surface area contributed by atoms with Gasteiger partial charge in [-0.15, -0.1) is 0 Å².